The molecule has 72 valence electrons. The Hall–Kier alpha value is -1.08. The van der Waals surface area contributed by atoms with E-state index in [0.717, 1.165) is 6.42 Å². The van der Waals surface area contributed by atoms with Gasteiger partial charge in [-0.05, 0) is 13.3 Å². The lowest BCUT2D eigenvalue weighted by Crippen LogP contribution is -2.33. The molecule has 3 unspecified atom stereocenters. The van der Waals surface area contributed by atoms with Gasteiger partial charge >= 0.3 is 0 Å². The van der Waals surface area contributed by atoms with Crippen LogP contribution in [0.2, 0.25) is 0 Å². The van der Waals surface area contributed by atoms with Crippen molar-refractivity contribution in [1.82, 2.24) is 4.90 Å². The molecule has 0 bridgehead atoms. The Morgan fingerprint density at radius 3 is 2.77 bits per heavy atom. The Kier molecular flexibility index (Phi) is 2.89. The van der Waals surface area contributed by atoms with Gasteiger partial charge in [0.1, 0.15) is 0 Å². The van der Waals surface area contributed by atoms with Crippen LogP contribution in [0, 0.1) is 23.2 Å². The van der Waals surface area contributed by atoms with Gasteiger partial charge in [-0.1, -0.05) is 0 Å². The van der Waals surface area contributed by atoms with Gasteiger partial charge in [0.05, 0.1) is 17.9 Å². The minimum atomic E-state index is -0.107. The molecule has 1 aliphatic rings. The van der Waals surface area contributed by atoms with Crippen LogP contribution in [-0.2, 0) is 4.79 Å². The average Bonchev–Trinajstić information content (AvgIpc) is 2.81. The lowest BCUT2D eigenvalue weighted by molar-refractivity contribution is -0.131. The van der Waals surface area contributed by atoms with Crippen LogP contribution in [0.15, 0.2) is 0 Å². The largest absolute Gasteiger partial charge is 0.344 e. The first kappa shape index (κ1) is 10.0. The summed E-state index contributed by atoms with van der Waals surface area (Å²) >= 11 is 0. The van der Waals surface area contributed by atoms with Gasteiger partial charge in [-0.3, -0.25) is 4.79 Å². The third-order valence-electron chi connectivity index (χ3n) is 2.30. The van der Waals surface area contributed by atoms with Gasteiger partial charge in [0.2, 0.25) is 5.91 Å². The third-order valence-corrected chi connectivity index (χ3v) is 2.30. The molecule has 0 aromatic heterocycles. The Morgan fingerprint density at radius 2 is 2.38 bits per heavy atom. The molecular formula is C9H15N3O. The highest BCUT2D eigenvalue weighted by Gasteiger charge is 2.41. The van der Waals surface area contributed by atoms with E-state index in [1.54, 1.807) is 18.9 Å². The molecule has 13 heavy (non-hydrogen) atoms. The van der Waals surface area contributed by atoms with E-state index < -0.39 is 0 Å². The normalized spacial score (nSPS) is 27.5. The van der Waals surface area contributed by atoms with E-state index in [1.807, 2.05) is 0 Å². The van der Waals surface area contributed by atoms with Crippen LogP contribution < -0.4 is 5.73 Å². The molecule has 1 aliphatic carbocycles. The fraction of sp³-hybridized carbons (Fsp3) is 0.778. The van der Waals surface area contributed by atoms with E-state index in [4.69, 9.17) is 11.0 Å². The van der Waals surface area contributed by atoms with Gasteiger partial charge < -0.3 is 10.6 Å². The molecule has 1 rings (SSSR count). The lowest BCUT2D eigenvalue weighted by Gasteiger charge is -2.17. The van der Waals surface area contributed by atoms with E-state index in [0.29, 0.717) is 6.54 Å². The number of nitrogens with two attached hydrogens (primary N) is 1. The monoisotopic (exact) mass is 181 g/mol. The van der Waals surface area contributed by atoms with Crippen molar-refractivity contribution < 1.29 is 4.79 Å². The van der Waals surface area contributed by atoms with Gasteiger partial charge in [0, 0.05) is 19.6 Å². The molecule has 1 amide bonds. The number of hydrogen-bond donors (Lipinski definition) is 1. The molecule has 0 spiro atoms. The maximum atomic E-state index is 11.5. The predicted molar refractivity (Wildman–Crippen MR) is 48.5 cm³/mol. The number of amides is 1. The molecule has 0 saturated heterocycles. The summed E-state index contributed by atoms with van der Waals surface area (Å²) in [4.78, 5) is 13.1. The molecule has 0 heterocycles. The van der Waals surface area contributed by atoms with Crippen molar-refractivity contribution in [3.63, 3.8) is 0 Å². The number of hydrogen-bond acceptors (Lipinski definition) is 3. The van der Waals surface area contributed by atoms with Crippen molar-refractivity contribution in [2.75, 3.05) is 13.6 Å². The Labute approximate surface area is 78.3 Å². The minimum Gasteiger partial charge on any atom is -0.344 e. The van der Waals surface area contributed by atoms with Crippen LogP contribution in [0.4, 0.5) is 0 Å². The number of carbonyl (C=O) groups is 1. The summed E-state index contributed by atoms with van der Waals surface area (Å²) in [5.41, 5.74) is 5.56. The number of rotatable bonds is 3. The van der Waals surface area contributed by atoms with Crippen LogP contribution in [0.3, 0.4) is 0 Å². The zero-order valence-corrected chi connectivity index (χ0v) is 8.03. The molecule has 1 saturated carbocycles. The van der Waals surface area contributed by atoms with Crippen molar-refractivity contribution in [3.05, 3.63) is 0 Å². The molecule has 4 heteroatoms. The van der Waals surface area contributed by atoms with E-state index in [9.17, 15) is 4.79 Å². The molecule has 2 N–H and O–H groups in total. The SMILES string of the molecule is CC(C#N)CN(C)C(=O)C1CC1N. The van der Waals surface area contributed by atoms with Gasteiger partial charge in [-0.25, -0.2) is 0 Å². The lowest BCUT2D eigenvalue weighted by atomic mass is 10.2. The summed E-state index contributed by atoms with van der Waals surface area (Å²) in [6, 6.07) is 2.14. The van der Waals surface area contributed by atoms with Crippen LogP contribution >= 0.6 is 0 Å². The summed E-state index contributed by atoms with van der Waals surface area (Å²) in [6.07, 6.45) is 0.796. The molecule has 3 atom stereocenters. The van der Waals surface area contributed by atoms with Gasteiger partial charge in [-0.15, -0.1) is 0 Å². The van der Waals surface area contributed by atoms with E-state index >= 15 is 0 Å². The van der Waals surface area contributed by atoms with Crippen LogP contribution in [0.5, 0.6) is 0 Å². The predicted octanol–water partition coefficient (Wildman–Crippen LogP) is -0.0483. The van der Waals surface area contributed by atoms with Crippen molar-refractivity contribution in [1.29, 1.82) is 5.26 Å². The third kappa shape index (κ3) is 2.43. The summed E-state index contributed by atoms with van der Waals surface area (Å²) < 4.78 is 0. The van der Waals surface area contributed by atoms with Crippen molar-refractivity contribution >= 4 is 5.91 Å². The Bertz CT molecular complexity index is 246. The molecule has 0 aromatic carbocycles. The Morgan fingerprint density at radius 1 is 1.85 bits per heavy atom. The van der Waals surface area contributed by atoms with Crippen molar-refractivity contribution in [2.24, 2.45) is 17.6 Å². The second-order valence-electron chi connectivity index (χ2n) is 3.75. The molecule has 4 nitrogen and oxygen atoms in total. The van der Waals surface area contributed by atoms with Crippen LogP contribution in [0.25, 0.3) is 0 Å². The summed E-state index contributed by atoms with van der Waals surface area (Å²) in [5, 5.41) is 8.56. The first-order valence-corrected chi connectivity index (χ1v) is 4.46. The second-order valence-corrected chi connectivity index (χ2v) is 3.75. The molecule has 1 fully saturated rings. The standard InChI is InChI=1S/C9H15N3O/c1-6(4-10)5-12(2)9(13)7-3-8(7)11/h6-8H,3,5,11H2,1-2H3. The second kappa shape index (κ2) is 3.75. The summed E-state index contributed by atoms with van der Waals surface area (Å²) in [5.74, 6) is -0.0191. The highest BCUT2D eigenvalue weighted by atomic mass is 16.2. The fourth-order valence-electron chi connectivity index (χ4n) is 1.32. The van der Waals surface area contributed by atoms with E-state index in [2.05, 4.69) is 6.07 Å². The highest BCUT2D eigenvalue weighted by Crippen LogP contribution is 2.29. The van der Waals surface area contributed by atoms with E-state index in [-0.39, 0.29) is 23.8 Å². The van der Waals surface area contributed by atoms with Crippen molar-refractivity contribution in [3.8, 4) is 6.07 Å². The summed E-state index contributed by atoms with van der Waals surface area (Å²) in [6.45, 7) is 2.30. The Balaban J connectivity index is 2.35. The summed E-state index contributed by atoms with van der Waals surface area (Å²) in [7, 11) is 1.72. The fourth-order valence-corrected chi connectivity index (χ4v) is 1.32. The topological polar surface area (TPSA) is 70.1 Å². The average molecular weight is 181 g/mol. The minimum absolute atomic E-state index is 0.0101. The van der Waals surface area contributed by atoms with Gasteiger partial charge in [0.15, 0.2) is 0 Å². The highest BCUT2D eigenvalue weighted by molar-refractivity contribution is 5.82. The molecule has 0 aliphatic heterocycles. The molecule has 0 aromatic rings. The van der Waals surface area contributed by atoms with Gasteiger partial charge in [0.25, 0.3) is 0 Å². The van der Waals surface area contributed by atoms with Crippen LogP contribution in [-0.4, -0.2) is 30.4 Å². The number of nitriles is 1. The first-order chi connectivity index (χ1) is 6.06. The quantitative estimate of drug-likeness (QED) is 0.663. The molecule has 0 radical (unpaired) electrons. The number of nitrogens with zero attached hydrogens (tertiary/aromatic N) is 2. The van der Waals surface area contributed by atoms with Crippen molar-refractivity contribution in [2.45, 2.75) is 19.4 Å². The number of carbonyl (C=O) groups excluding carboxylic acids is 1. The maximum Gasteiger partial charge on any atom is 0.227 e. The zero-order valence-electron chi connectivity index (χ0n) is 8.03. The first-order valence-electron chi connectivity index (χ1n) is 4.46. The van der Waals surface area contributed by atoms with E-state index in [1.165, 1.54) is 0 Å². The maximum absolute atomic E-state index is 11.5. The van der Waals surface area contributed by atoms with Gasteiger partial charge in [-0.2, -0.15) is 5.26 Å². The smallest absolute Gasteiger partial charge is 0.227 e. The molecular weight excluding hydrogens is 166 g/mol. The zero-order chi connectivity index (χ0) is 10.0. The van der Waals surface area contributed by atoms with Crippen LogP contribution in [0.1, 0.15) is 13.3 Å².